The van der Waals surface area contributed by atoms with Crippen LogP contribution < -0.4 is 4.90 Å². The number of para-hydroxylation sites is 1. The minimum absolute atomic E-state index is 0.192. The molecule has 4 rings (SSSR count). The molecule has 1 amide bonds. The average Bonchev–Trinajstić information content (AvgIpc) is 3.52. The topological polar surface area (TPSA) is 90.2 Å². The van der Waals surface area contributed by atoms with Gasteiger partial charge in [-0.1, -0.05) is 12.1 Å². The van der Waals surface area contributed by atoms with Crippen molar-refractivity contribution >= 4 is 28.9 Å². The van der Waals surface area contributed by atoms with E-state index >= 15 is 0 Å². The van der Waals surface area contributed by atoms with Crippen LogP contribution in [0.5, 0.6) is 0 Å². The maximum Gasteiger partial charge on any atom is 0.348 e. The van der Waals surface area contributed by atoms with E-state index in [2.05, 4.69) is 15.5 Å². The van der Waals surface area contributed by atoms with E-state index in [-0.39, 0.29) is 18.1 Å². The third-order valence-electron chi connectivity index (χ3n) is 4.97. The van der Waals surface area contributed by atoms with Crippen LogP contribution in [0.1, 0.15) is 47.7 Å². The minimum atomic E-state index is -0.614. The molecule has 0 aliphatic heterocycles. The largest absolute Gasteiger partial charge is 0.456 e. The number of anilines is 1. The Hall–Kier alpha value is -3.92. The van der Waals surface area contributed by atoms with Gasteiger partial charge in [-0.05, 0) is 86.1 Å². The Morgan fingerprint density at radius 2 is 1.89 bits per heavy atom. The molecule has 0 saturated heterocycles. The molecule has 4 aromatic rings. The fourth-order valence-corrected chi connectivity index (χ4v) is 4.34. The van der Waals surface area contributed by atoms with Crippen molar-refractivity contribution in [3.63, 3.8) is 0 Å². The zero-order valence-corrected chi connectivity index (χ0v) is 20.5. The summed E-state index contributed by atoms with van der Waals surface area (Å²) in [4.78, 5) is 28.6. The van der Waals surface area contributed by atoms with Crippen molar-refractivity contribution < 1.29 is 18.7 Å². The fourth-order valence-electron chi connectivity index (χ4n) is 3.47. The first-order valence-electron chi connectivity index (χ1n) is 10.9. The third-order valence-corrected chi connectivity index (χ3v) is 6.09. The Balaban J connectivity index is 1.76. The van der Waals surface area contributed by atoms with Gasteiger partial charge in [0.05, 0.1) is 11.4 Å². The lowest BCUT2D eigenvalue weighted by Crippen LogP contribution is -2.31. The number of rotatable bonds is 6. The van der Waals surface area contributed by atoms with Crippen LogP contribution in [-0.2, 0) is 4.74 Å². The van der Waals surface area contributed by atoms with Crippen LogP contribution in [0.25, 0.3) is 16.1 Å². The molecular formula is C25H24FN5O3S. The summed E-state index contributed by atoms with van der Waals surface area (Å²) in [5, 5.41) is 11.3. The van der Waals surface area contributed by atoms with Gasteiger partial charge >= 0.3 is 5.97 Å². The van der Waals surface area contributed by atoms with Crippen LogP contribution in [0.2, 0.25) is 0 Å². The van der Waals surface area contributed by atoms with E-state index in [9.17, 15) is 14.0 Å². The fraction of sp³-hybridized carbons (Fsp3) is 0.240. The predicted molar refractivity (Wildman–Crippen MR) is 131 cm³/mol. The Morgan fingerprint density at radius 1 is 1.11 bits per heavy atom. The summed E-state index contributed by atoms with van der Waals surface area (Å²) in [5.41, 5.74) is 1.14. The van der Waals surface area contributed by atoms with E-state index in [1.807, 2.05) is 26.8 Å². The highest BCUT2D eigenvalue weighted by Gasteiger charge is 2.23. The number of esters is 1. The van der Waals surface area contributed by atoms with Crippen molar-refractivity contribution in [3.8, 4) is 16.1 Å². The number of carbonyl (C=O) groups is 2. The van der Waals surface area contributed by atoms with E-state index in [0.29, 0.717) is 21.7 Å². The SMILES string of the molecule is CCN(C(=O)c1cc(-c2ccc(C(=O)OC(C)(C)C)s2)cc(-n2cnnn2)c1)c1ccccc1F. The van der Waals surface area contributed by atoms with Gasteiger partial charge in [0.2, 0.25) is 0 Å². The molecule has 0 aliphatic carbocycles. The molecule has 0 unspecified atom stereocenters. The second kappa shape index (κ2) is 9.75. The van der Waals surface area contributed by atoms with Crippen LogP contribution >= 0.6 is 11.3 Å². The van der Waals surface area contributed by atoms with Gasteiger partial charge in [-0.3, -0.25) is 4.79 Å². The average molecular weight is 494 g/mol. The molecule has 8 nitrogen and oxygen atoms in total. The maximum absolute atomic E-state index is 14.5. The second-order valence-electron chi connectivity index (χ2n) is 8.69. The molecule has 0 atom stereocenters. The summed E-state index contributed by atoms with van der Waals surface area (Å²) in [7, 11) is 0. The number of hydrogen-bond donors (Lipinski definition) is 0. The summed E-state index contributed by atoms with van der Waals surface area (Å²) < 4.78 is 21.4. The van der Waals surface area contributed by atoms with Crippen molar-refractivity contribution in [2.24, 2.45) is 0 Å². The molecular weight excluding hydrogens is 469 g/mol. The predicted octanol–water partition coefficient (Wildman–Crippen LogP) is 5.15. The standard InChI is InChI=1S/C25H24FN5O3S/c1-5-30(20-9-7-6-8-19(20)26)23(32)17-12-16(13-18(14-17)31-15-27-28-29-31)21-10-11-22(35-21)24(33)34-25(2,3)4/h6-15H,5H2,1-4H3. The summed E-state index contributed by atoms with van der Waals surface area (Å²) >= 11 is 1.25. The third kappa shape index (κ3) is 5.43. The Bertz CT molecular complexity index is 1360. The number of amides is 1. The van der Waals surface area contributed by atoms with E-state index in [1.54, 1.807) is 49.4 Å². The van der Waals surface area contributed by atoms with Crippen LogP contribution in [0.3, 0.4) is 0 Å². The normalized spacial score (nSPS) is 11.3. The second-order valence-corrected chi connectivity index (χ2v) is 9.77. The van der Waals surface area contributed by atoms with Crippen LogP contribution in [0.4, 0.5) is 10.1 Å². The van der Waals surface area contributed by atoms with Crippen molar-refractivity contribution in [2.75, 3.05) is 11.4 Å². The monoisotopic (exact) mass is 493 g/mol. The zero-order valence-electron chi connectivity index (χ0n) is 19.7. The first-order valence-corrected chi connectivity index (χ1v) is 11.8. The van der Waals surface area contributed by atoms with Gasteiger partial charge in [-0.2, -0.15) is 0 Å². The van der Waals surface area contributed by atoms with E-state index in [4.69, 9.17) is 4.74 Å². The number of aromatic nitrogens is 4. The molecule has 0 N–H and O–H groups in total. The molecule has 2 aromatic heterocycles. The van der Waals surface area contributed by atoms with Crippen molar-refractivity contribution in [1.29, 1.82) is 0 Å². The summed E-state index contributed by atoms with van der Waals surface area (Å²) in [5.74, 6) is -1.28. The van der Waals surface area contributed by atoms with Crippen molar-refractivity contribution in [1.82, 2.24) is 20.2 Å². The lowest BCUT2D eigenvalue weighted by Gasteiger charge is -2.22. The number of nitrogens with zero attached hydrogens (tertiary/aromatic N) is 5. The summed E-state index contributed by atoms with van der Waals surface area (Å²) in [6, 6.07) is 14.8. The molecule has 2 aromatic carbocycles. The van der Waals surface area contributed by atoms with E-state index in [1.165, 1.54) is 33.3 Å². The molecule has 0 saturated carbocycles. The van der Waals surface area contributed by atoms with Crippen LogP contribution in [0, 0.1) is 5.82 Å². The lowest BCUT2D eigenvalue weighted by molar-refractivity contribution is 0.00751. The molecule has 180 valence electrons. The van der Waals surface area contributed by atoms with Gasteiger partial charge in [-0.15, -0.1) is 16.4 Å². The van der Waals surface area contributed by atoms with Gasteiger partial charge in [0, 0.05) is 17.0 Å². The highest BCUT2D eigenvalue weighted by Crippen LogP contribution is 2.32. The van der Waals surface area contributed by atoms with Gasteiger partial charge < -0.3 is 9.64 Å². The number of thiophene rings is 1. The first-order chi connectivity index (χ1) is 16.7. The molecule has 0 bridgehead atoms. The first kappa shape index (κ1) is 24.2. The molecule has 0 fully saturated rings. The number of benzene rings is 2. The van der Waals surface area contributed by atoms with Gasteiger partial charge in [0.25, 0.3) is 5.91 Å². The summed E-state index contributed by atoms with van der Waals surface area (Å²) in [6.45, 7) is 7.47. The minimum Gasteiger partial charge on any atom is -0.456 e. The Labute approximate surface area is 206 Å². The maximum atomic E-state index is 14.5. The van der Waals surface area contributed by atoms with Gasteiger partial charge in [-0.25, -0.2) is 13.9 Å². The number of ether oxygens (including phenoxy) is 1. The van der Waals surface area contributed by atoms with E-state index in [0.717, 1.165) is 4.88 Å². The van der Waals surface area contributed by atoms with E-state index < -0.39 is 17.4 Å². The molecule has 35 heavy (non-hydrogen) atoms. The molecule has 0 aliphatic rings. The number of hydrogen-bond acceptors (Lipinski definition) is 7. The Morgan fingerprint density at radius 3 is 2.54 bits per heavy atom. The zero-order chi connectivity index (χ0) is 25.2. The molecule has 0 spiro atoms. The van der Waals surface area contributed by atoms with Crippen molar-refractivity contribution in [2.45, 2.75) is 33.3 Å². The molecule has 0 radical (unpaired) electrons. The van der Waals surface area contributed by atoms with Gasteiger partial charge in [0.15, 0.2) is 0 Å². The number of carbonyl (C=O) groups excluding carboxylic acids is 2. The number of tetrazole rings is 1. The lowest BCUT2D eigenvalue weighted by atomic mass is 10.1. The van der Waals surface area contributed by atoms with Gasteiger partial charge in [0.1, 0.15) is 22.6 Å². The summed E-state index contributed by atoms with van der Waals surface area (Å²) in [6.07, 6.45) is 1.42. The van der Waals surface area contributed by atoms with Crippen LogP contribution in [0.15, 0.2) is 60.9 Å². The van der Waals surface area contributed by atoms with Crippen LogP contribution in [-0.4, -0.2) is 44.2 Å². The highest BCUT2D eigenvalue weighted by atomic mass is 32.1. The highest BCUT2D eigenvalue weighted by molar-refractivity contribution is 7.17. The quantitative estimate of drug-likeness (QED) is 0.345. The smallest absolute Gasteiger partial charge is 0.348 e. The molecule has 2 heterocycles. The number of halogens is 1. The molecule has 10 heteroatoms. The Kier molecular flexibility index (Phi) is 6.74. The van der Waals surface area contributed by atoms with Crippen molar-refractivity contribution in [3.05, 3.63) is 77.2 Å².